The molecule has 0 saturated carbocycles. The Morgan fingerprint density at radius 1 is 1.29 bits per heavy atom. The summed E-state index contributed by atoms with van der Waals surface area (Å²) in [6.45, 7) is 1.40. The minimum absolute atomic E-state index is 0.0775. The molecule has 0 radical (unpaired) electrons. The minimum atomic E-state index is -0.144. The van der Waals surface area contributed by atoms with Crippen LogP contribution in [0.2, 0.25) is 0 Å². The molecule has 1 amide bonds. The van der Waals surface area contributed by atoms with Gasteiger partial charge < -0.3 is 10.4 Å². The van der Waals surface area contributed by atoms with E-state index in [1.54, 1.807) is 6.20 Å². The second-order valence-electron chi connectivity index (χ2n) is 7.21. The van der Waals surface area contributed by atoms with Gasteiger partial charge in [0.25, 0.3) is 0 Å². The molecule has 0 unspecified atom stereocenters. The van der Waals surface area contributed by atoms with E-state index in [-0.39, 0.29) is 12.5 Å². The van der Waals surface area contributed by atoms with Gasteiger partial charge in [-0.15, -0.1) is 0 Å². The Bertz CT molecular complexity index is 1300. The van der Waals surface area contributed by atoms with Crippen molar-refractivity contribution >= 4 is 38.3 Å². The van der Waals surface area contributed by atoms with E-state index in [1.165, 1.54) is 18.3 Å². The van der Waals surface area contributed by atoms with Gasteiger partial charge in [0, 0.05) is 34.9 Å². The van der Waals surface area contributed by atoms with Crippen molar-refractivity contribution < 1.29 is 9.90 Å². The predicted molar refractivity (Wildman–Crippen MR) is 123 cm³/mol. The average Bonchev–Trinajstić information content (AvgIpc) is 3.35. The van der Waals surface area contributed by atoms with Gasteiger partial charge in [0.05, 0.1) is 34.3 Å². The predicted octanol–water partition coefficient (Wildman–Crippen LogP) is 4.37. The van der Waals surface area contributed by atoms with Crippen molar-refractivity contribution in [2.75, 3.05) is 5.32 Å². The first-order valence-electron chi connectivity index (χ1n) is 9.75. The maximum absolute atomic E-state index is 11.6. The summed E-state index contributed by atoms with van der Waals surface area (Å²) in [5.41, 5.74) is 6.48. The Morgan fingerprint density at radius 3 is 2.90 bits per heavy atom. The summed E-state index contributed by atoms with van der Waals surface area (Å²) in [6, 6.07) is 9.65. The third-order valence-corrected chi connectivity index (χ3v) is 7.12. The molecule has 31 heavy (non-hydrogen) atoms. The first-order valence-corrected chi connectivity index (χ1v) is 11.4. The van der Waals surface area contributed by atoms with Gasteiger partial charge in [0.2, 0.25) is 5.91 Å². The molecule has 1 aliphatic carbocycles. The molecule has 0 atom stereocenters. The van der Waals surface area contributed by atoms with E-state index in [0.29, 0.717) is 5.13 Å². The van der Waals surface area contributed by atoms with Crippen LogP contribution in [0.4, 0.5) is 5.13 Å². The molecule has 0 fully saturated rings. The van der Waals surface area contributed by atoms with Gasteiger partial charge in [-0.2, -0.15) is 5.10 Å². The molecule has 0 aliphatic heterocycles. The molecule has 9 heteroatoms. The number of aryl methyl sites for hydroxylation is 1. The topological polar surface area (TPSA) is 92.9 Å². The van der Waals surface area contributed by atoms with E-state index in [1.807, 2.05) is 41.2 Å². The summed E-state index contributed by atoms with van der Waals surface area (Å²) in [5.74, 6) is -0.144. The van der Waals surface area contributed by atoms with Crippen LogP contribution < -0.4 is 5.32 Å². The van der Waals surface area contributed by atoms with Crippen LogP contribution in [-0.2, 0) is 24.2 Å². The summed E-state index contributed by atoms with van der Waals surface area (Å²) in [5, 5.41) is 18.1. The zero-order chi connectivity index (χ0) is 21.5. The molecule has 7 nitrogen and oxygen atoms in total. The summed E-state index contributed by atoms with van der Waals surface area (Å²) in [4.78, 5) is 21.5. The zero-order valence-corrected chi connectivity index (χ0v) is 19.0. The number of carbonyl (C=O) groups is 1. The highest BCUT2D eigenvalue weighted by Crippen LogP contribution is 2.44. The third kappa shape index (κ3) is 3.48. The van der Waals surface area contributed by atoms with Crippen LogP contribution in [0.3, 0.4) is 0 Å². The highest BCUT2D eigenvalue weighted by atomic mass is 79.9. The molecular weight excluding hydrogens is 478 g/mol. The monoisotopic (exact) mass is 495 g/mol. The number of amides is 1. The third-order valence-electron chi connectivity index (χ3n) is 5.18. The number of thiazole rings is 1. The quantitative estimate of drug-likeness (QED) is 0.438. The lowest BCUT2D eigenvalue weighted by molar-refractivity contribution is -0.114. The normalized spacial score (nSPS) is 12.4. The van der Waals surface area contributed by atoms with E-state index in [2.05, 4.69) is 31.2 Å². The molecule has 3 heterocycles. The number of nitrogens with one attached hydrogen (secondary N) is 1. The van der Waals surface area contributed by atoms with E-state index < -0.39 is 0 Å². The van der Waals surface area contributed by atoms with Crippen molar-refractivity contribution in [3.63, 3.8) is 0 Å². The number of carbonyl (C=O) groups excluding carboxylic acids is 1. The fraction of sp³-hybridized carbons (Fsp3) is 0.182. The minimum Gasteiger partial charge on any atom is -0.392 e. The summed E-state index contributed by atoms with van der Waals surface area (Å²) in [7, 11) is 0. The number of rotatable bonds is 4. The highest BCUT2D eigenvalue weighted by molar-refractivity contribution is 9.10. The van der Waals surface area contributed by atoms with Crippen LogP contribution in [0.5, 0.6) is 0 Å². The molecule has 2 N–H and O–H groups in total. The first-order chi connectivity index (χ1) is 15.1. The number of aliphatic hydroxyl groups excluding tert-OH is 1. The van der Waals surface area contributed by atoms with Crippen molar-refractivity contribution in [2.45, 2.75) is 26.4 Å². The maximum atomic E-state index is 11.6. The fourth-order valence-corrected chi connectivity index (χ4v) is 5.51. The number of nitrogens with zero attached hydrogens (tertiary/aromatic N) is 4. The lowest BCUT2D eigenvalue weighted by Gasteiger charge is -2.15. The van der Waals surface area contributed by atoms with E-state index in [4.69, 9.17) is 5.10 Å². The van der Waals surface area contributed by atoms with Gasteiger partial charge in [-0.25, -0.2) is 9.67 Å². The molecule has 0 saturated heterocycles. The number of fused-ring (bicyclic) bond motifs is 3. The maximum Gasteiger partial charge on any atom is 0.223 e. The van der Waals surface area contributed by atoms with Crippen molar-refractivity contribution in [1.82, 2.24) is 19.7 Å². The summed E-state index contributed by atoms with van der Waals surface area (Å²) in [6.07, 6.45) is 5.12. The Morgan fingerprint density at radius 2 is 2.16 bits per heavy atom. The Hall–Kier alpha value is -2.88. The number of benzene rings is 1. The van der Waals surface area contributed by atoms with E-state index in [9.17, 15) is 9.90 Å². The number of hydrogen-bond acceptors (Lipinski definition) is 6. The molecule has 156 valence electrons. The number of anilines is 1. The Balaban J connectivity index is 1.77. The molecular formula is C22H18BrN5O2S. The van der Waals surface area contributed by atoms with E-state index >= 15 is 0 Å². The summed E-state index contributed by atoms with van der Waals surface area (Å²) >= 11 is 5.10. The molecule has 0 spiro atoms. The standard InChI is InChI=1S/C22H18BrN5O2S/c1-12(30)25-22-26-16-8-7-15-19(13-5-3-9-24-10-13)27-28(20(15)21(16)31-22)17-6-2-4-14(11-29)18(17)23/h2-6,9-10,29H,7-8,11H2,1H3,(H,25,26,30). The van der Waals surface area contributed by atoms with Gasteiger partial charge in [0.1, 0.15) is 0 Å². The molecule has 1 aromatic carbocycles. The van der Waals surface area contributed by atoms with Gasteiger partial charge in [-0.05, 0) is 52.5 Å². The number of aliphatic hydroxyl groups is 1. The molecule has 4 aromatic rings. The number of aromatic nitrogens is 4. The molecule has 5 rings (SSSR count). The van der Waals surface area contributed by atoms with Gasteiger partial charge in [-0.1, -0.05) is 23.5 Å². The Kier molecular flexibility index (Phi) is 5.17. The van der Waals surface area contributed by atoms with Crippen molar-refractivity contribution in [3.05, 3.63) is 64.0 Å². The lowest BCUT2D eigenvalue weighted by Crippen LogP contribution is -2.07. The van der Waals surface area contributed by atoms with Crippen molar-refractivity contribution in [2.24, 2.45) is 0 Å². The second-order valence-corrected chi connectivity index (χ2v) is 9.01. The lowest BCUT2D eigenvalue weighted by atomic mass is 9.95. The van der Waals surface area contributed by atoms with Gasteiger partial charge in [0.15, 0.2) is 5.13 Å². The van der Waals surface area contributed by atoms with Crippen molar-refractivity contribution in [3.8, 4) is 27.5 Å². The largest absolute Gasteiger partial charge is 0.392 e. The van der Waals surface area contributed by atoms with E-state index in [0.717, 1.165) is 61.7 Å². The fourth-order valence-electron chi connectivity index (χ4n) is 3.84. The van der Waals surface area contributed by atoms with Gasteiger partial charge in [-0.3, -0.25) is 9.78 Å². The number of hydrogen-bond donors (Lipinski definition) is 2. The highest BCUT2D eigenvalue weighted by Gasteiger charge is 2.30. The average molecular weight is 496 g/mol. The number of pyridine rings is 1. The van der Waals surface area contributed by atoms with Crippen molar-refractivity contribution in [1.29, 1.82) is 0 Å². The molecule has 3 aromatic heterocycles. The van der Waals surface area contributed by atoms with Crippen LogP contribution in [0, 0.1) is 0 Å². The smallest absolute Gasteiger partial charge is 0.223 e. The summed E-state index contributed by atoms with van der Waals surface area (Å²) < 4.78 is 2.70. The SMILES string of the molecule is CC(=O)Nc1nc2c(s1)-c1c(c(-c3cccnc3)nn1-c1cccc(CO)c1Br)CC2. The number of halogens is 1. The first kappa shape index (κ1) is 20.0. The second kappa shape index (κ2) is 7.99. The van der Waals surface area contributed by atoms with Gasteiger partial charge >= 0.3 is 0 Å². The molecule has 1 aliphatic rings. The van der Waals surface area contributed by atoms with Crippen LogP contribution >= 0.6 is 27.3 Å². The van der Waals surface area contributed by atoms with Crippen LogP contribution in [0.25, 0.3) is 27.5 Å². The van der Waals surface area contributed by atoms with Crippen LogP contribution in [-0.4, -0.2) is 30.8 Å². The van der Waals surface area contributed by atoms with Crippen LogP contribution in [0.1, 0.15) is 23.7 Å². The zero-order valence-electron chi connectivity index (χ0n) is 16.6. The Labute approximate surface area is 190 Å². The molecule has 0 bridgehead atoms. The van der Waals surface area contributed by atoms with Crippen LogP contribution in [0.15, 0.2) is 47.2 Å².